The van der Waals surface area contributed by atoms with Crippen molar-refractivity contribution in [2.24, 2.45) is 0 Å². The first-order chi connectivity index (χ1) is 8.65. The van der Waals surface area contributed by atoms with Crippen molar-refractivity contribution < 1.29 is 13.5 Å². The van der Waals surface area contributed by atoms with Crippen LogP contribution in [0.5, 0.6) is 5.75 Å². The van der Waals surface area contributed by atoms with Gasteiger partial charge in [-0.1, -0.05) is 11.6 Å². The first kappa shape index (κ1) is 11.4. The van der Waals surface area contributed by atoms with Crippen LogP contribution in [0.25, 0.3) is 0 Å². The Morgan fingerprint density at radius 1 is 1.39 bits per heavy atom. The monoisotopic (exact) mass is 267 g/mol. The van der Waals surface area contributed by atoms with Crippen LogP contribution in [-0.4, -0.2) is 6.04 Å². The van der Waals surface area contributed by atoms with Gasteiger partial charge in [-0.2, -0.15) is 0 Å². The Morgan fingerprint density at radius 2 is 2.22 bits per heavy atom. The predicted octanol–water partition coefficient (Wildman–Crippen LogP) is 4.01. The van der Waals surface area contributed by atoms with Gasteiger partial charge in [0, 0.05) is 6.07 Å². The van der Waals surface area contributed by atoms with E-state index in [9.17, 15) is 4.39 Å². The van der Waals surface area contributed by atoms with Crippen molar-refractivity contribution in [3.63, 3.8) is 0 Å². The molecule has 2 unspecified atom stereocenters. The van der Waals surface area contributed by atoms with Crippen LogP contribution in [0.4, 0.5) is 10.1 Å². The van der Waals surface area contributed by atoms with E-state index >= 15 is 0 Å². The smallest absolute Gasteiger partial charge is 0.176 e. The van der Waals surface area contributed by atoms with Crippen LogP contribution in [0, 0.1) is 5.82 Å². The minimum atomic E-state index is -0.495. The Labute approximate surface area is 109 Å². The molecule has 94 valence electrons. The standard InChI is InChI=1S/C13H11ClFNO2/c1-7-13(11-3-2-4-17-11)18-12-6-9(15)8(14)5-10(12)16-7/h2-7,13,16H,1H3. The van der Waals surface area contributed by atoms with Crippen molar-refractivity contribution in [3.05, 3.63) is 47.1 Å². The molecule has 0 spiro atoms. The number of anilines is 1. The van der Waals surface area contributed by atoms with Gasteiger partial charge >= 0.3 is 0 Å². The average molecular weight is 268 g/mol. The largest absolute Gasteiger partial charge is 0.478 e. The highest BCUT2D eigenvalue weighted by molar-refractivity contribution is 6.31. The van der Waals surface area contributed by atoms with Gasteiger partial charge in [0.05, 0.1) is 23.0 Å². The fraction of sp³-hybridized carbons (Fsp3) is 0.231. The molecule has 1 aliphatic rings. The van der Waals surface area contributed by atoms with E-state index in [4.69, 9.17) is 20.8 Å². The second kappa shape index (κ2) is 4.21. The molecule has 0 fully saturated rings. The molecule has 0 aliphatic carbocycles. The third kappa shape index (κ3) is 1.82. The van der Waals surface area contributed by atoms with Gasteiger partial charge in [-0.25, -0.2) is 4.39 Å². The van der Waals surface area contributed by atoms with Crippen LogP contribution < -0.4 is 10.1 Å². The Balaban J connectivity index is 1.98. The maximum Gasteiger partial charge on any atom is 0.176 e. The number of hydrogen-bond acceptors (Lipinski definition) is 3. The highest BCUT2D eigenvalue weighted by Crippen LogP contribution is 2.39. The summed E-state index contributed by atoms with van der Waals surface area (Å²) in [5.74, 6) is 0.650. The molecule has 0 amide bonds. The van der Waals surface area contributed by atoms with E-state index in [2.05, 4.69) is 5.32 Å². The van der Waals surface area contributed by atoms with Crippen LogP contribution in [0.3, 0.4) is 0 Å². The summed E-state index contributed by atoms with van der Waals surface area (Å²) in [6.07, 6.45) is 1.30. The lowest BCUT2D eigenvalue weighted by molar-refractivity contribution is 0.150. The maximum atomic E-state index is 13.4. The van der Waals surface area contributed by atoms with Gasteiger partial charge in [0.15, 0.2) is 6.10 Å². The number of ether oxygens (including phenoxy) is 1. The average Bonchev–Trinajstić information content (AvgIpc) is 2.84. The SMILES string of the molecule is CC1Nc2cc(Cl)c(F)cc2OC1c1ccco1. The number of furan rings is 1. The number of halogens is 2. The number of rotatable bonds is 1. The number of hydrogen-bond donors (Lipinski definition) is 1. The Bertz CT molecular complexity index is 571. The van der Waals surface area contributed by atoms with E-state index in [0.29, 0.717) is 17.2 Å². The summed E-state index contributed by atoms with van der Waals surface area (Å²) in [7, 11) is 0. The molecule has 1 N–H and O–H groups in total. The Hall–Kier alpha value is -1.68. The van der Waals surface area contributed by atoms with Gasteiger partial charge in [-0.05, 0) is 25.1 Å². The number of fused-ring (bicyclic) bond motifs is 1. The highest BCUT2D eigenvalue weighted by Gasteiger charge is 2.30. The Kier molecular flexibility index (Phi) is 2.67. The minimum absolute atomic E-state index is 0.00479. The Morgan fingerprint density at radius 3 is 2.94 bits per heavy atom. The molecule has 2 aromatic rings. The number of nitrogens with one attached hydrogen (secondary N) is 1. The second-order valence-electron chi connectivity index (χ2n) is 4.25. The summed E-state index contributed by atoms with van der Waals surface area (Å²) in [5, 5.41) is 3.31. The van der Waals surface area contributed by atoms with Crippen molar-refractivity contribution >= 4 is 17.3 Å². The van der Waals surface area contributed by atoms with Crippen molar-refractivity contribution in [1.82, 2.24) is 0 Å². The van der Waals surface area contributed by atoms with Crippen molar-refractivity contribution in [2.45, 2.75) is 19.1 Å². The molecule has 0 saturated heterocycles. The molecule has 18 heavy (non-hydrogen) atoms. The summed E-state index contributed by atoms with van der Waals surface area (Å²) in [4.78, 5) is 0. The lowest BCUT2D eigenvalue weighted by atomic mass is 10.1. The zero-order chi connectivity index (χ0) is 12.7. The van der Waals surface area contributed by atoms with E-state index in [1.54, 1.807) is 12.3 Å². The first-order valence-electron chi connectivity index (χ1n) is 5.61. The quantitative estimate of drug-likeness (QED) is 0.848. The lowest BCUT2D eigenvalue weighted by Crippen LogP contribution is -2.32. The van der Waals surface area contributed by atoms with Gasteiger partial charge in [0.25, 0.3) is 0 Å². The van der Waals surface area contributed by atoms with E-state index in [1.165, 1.54) is 12.1 Å². The lowest BCUT2D eigenvalue weighted by Gasteiger charge is -2.32. The van der Waals surface area contributed by atoms with E-state index in [-0.39, 0.29) is 17.2 Å². The summed E-state index contributed by atoms with van der Waals surface area (Å²) in [6, 6.07) is 6.45. The van der Waals surface area contributed by atoms with Crippen molar-refractivity contribution in [3.8, 4) is 5.75 Å². The molecule has 1 aliphatic heterocycles. The van der Waals surface area contributed by atoms with E-state index in [1.807, 2.05) is 13.0 Å². The molecule has 0 radical (unpaired) electrons. The van der Waals surface area contributed by atoms with Crippen LogP contribution in [-0.2, 0) is 0 Å². The molecule has 1 aromatic heterocycles. The second-order valence-corrected chi connectivity index (χ2v) is 4.66. The third-order valence-electron chi connectivity index (χ3n) is 2.94. The third-order valence-corrected chi connectivity index (χ3v) is 3.23. The van der Waals surface area contributed by atoms with Crippen LogP contribution in [0.1, 0.15) is 18.8 Å². The van der Waals surface area contributed by atoms with Crippen LogP contribution >= 0.6 is 11.6 Å². The fourth-order valence-electron chi connectivity index (χ4n) is 2.06. The van der Waals surface area contributed by atoms with Crippen LogP contribution in [0.15, 0.2) is 34.9 Å². The molecule has 0 saturated carbocycles. The summed E-state index contributed by atoms with van der Waals surface area (Å²) in [5.41, 5.74) is 0.691. The first-order valence-corrected chi connectivity index (χ1v) is 5.98. The molecule has 1 aromatic carbocycles. The molecule has 2 heterocycles. The molecule has 3 nitrogen and oxygen atoms in total. The van der Waals surface area contributed by atoms with Gasteiger partial charge < -0.3 is 14.5 Å². The highest BCUT2D eigenvalue weighted by atomic mass is 35.5. The minimum Gasteiger partial charge on any atom is -0.478 e. The summed E-state index contributed by atoms with van der Waals surface area (Å²) >= 11 is 5.74. The van der Waals surface area contributed by atoms with E-state index in [0.717, 1.165) is 0 Å². The molecular formula is C13H11ClFNO2. The summed E-state index contributed by atoms with van der Waals surface area (Å²) < 4.78 is 24.5. The van der Waals surface area contributed by atoms with Crippen molar-refractivity contribution in [1.29, 1.82) is 0 Å². The zero-order valence-electron chi connectivity index (χ0n) is 9.61. The van der Waals surface area contributed by atoms with Gasteiger partial charge in [-0.15, -0.1) is 0 Å². The van der Waals surface area contributed by atoms with Gasteiger partial charge in [-0.3, -0.25) is 0 Å². The topological polar surface area (TPSA) is 34.4 Å². The molecular weight excluding hydrogens is 257 g/mol. The molecule has 2 atom stereocenters. The molecule has 0 bridgehead atoms. The van der Waals surface area contributed by atoms with Gasteiger partial charge in [0.2, 0.25) is 0 Å². The fourth-order valence-corrected chi connectivity index (χ4v) is 2.22. The summed E-state index contributed by atoms with van der Waals surface area (Å²) in [6.45, 7) is 1.97. The van der Waals surface area contributed by atoms with E-state index < -0.39 is 5.82 Å². The number of benzene rings is 1. The normalized spacial score (nSPS) is 21.9. The molecule has 5 heteroatoms. The zero-order valence-corrected chi connectivity index (χ0v) is 10.4. The van der Waals surface area contributed by atoms with Crippen LogP contribution in [0.2, 0.25) is 5.02 Å². The molecule has 3 rings (SSSR count). The maximum absolute atomic E-state index is 13.4. The van der Waals surface area contributed by atoms with Gasteiger partial charge in [0.1, 0.15) is 17.3 Å². The van der Waals surface area contributed by atoms with Crippen molar-refractivity contribution in [2.75, 3.05) is 5.32 Å². The predicted molar refractivity (Wildman–Crippen MR) is 66.6 cm³/mol.